The number of nitrogens with zero attached hydrogens (tertiary/aromatic N) is 6. The van der Waals surface area contributed by atoms with Crippen LogP contribution in [0.4, 0.5) is 11.6 Å². The van der Waals surface area contributed by atoms with Gasteiger partial charge in [-0.2, -0.15) is 0 Å². The van der Waals surface area contributed by atoms with E-state index < -0.39 is 0 Å². The first-order valence-corrected chi connectivity index (χ1v) is 5.01. The molecule has 0 aliphatic carbocycles. The van der Waals surface area contributed by atoms with Crippen LogP contribution >= 0.6 is 8.88 Å². The van der Waals surface area contributed by atoms with Crippen molar-refractivity contribution in [2.24, 2.45) is 0 Å². The van der Waals surface area contributed by atoms with Gasteiger partial charge in [-0.25, -0.2) is 0 Å². The Balaban J connectivity index is 1.81. The molecule has 0 radical (unpaired) electrons. The summed E-state index contributed by atoms with van der Waals surface area (Å²) in [5, 5.41) is 27.6. The van der Waals surface area contributed by atoms with E-state index in [2.05, 4.69) is 41.0 Å². The van der Waals surface area contributed by atoms with Crippen molar-refractivity contribution in [2.75, 3.05) is 10.2 Å². The molecule has 0 aliphatic rings. The van der Waals surface area contributed by atoms with Crippen LogP contribution in [0.5, 0.6) is 0 Å². The van der Waals surface area contributed by atoms with Crippen molar-refractivity contribution in [1.29, 1.82) is 0 Å². The zero-order chi connectivity index (χ0) is 10.3. The van der Waals surface area contributed by atoms with Gasteiger partial charge in [-0.3, -0.25) is 0 Å². The molecule has 0 bridgehead atoms. The van der Waals surface area contributed by atoms with Crippen LogP contribution in [-0.4, -0.2) is 30.8 Å². The standard InChI is InChI=1S/C6H7N8P/c1-3-7-13-9-5(1)11-15-12-6-2-4-8-14-10-6/h1-4,15H,(H,7,9,11)(H,8,10,12). The van der Waals surface area contributed by atoms with E-state index in [1.807, 2.05) is 0 Å². The predicted molar refractivity (Wildman–Crippen MR) is 55.2 cm³/mol. The molecule has 8 nitrogen and oxygen atoms in total. The van der Waals surface area contributed by atoms with Crippen LogP contribution in [0, 0.1) is 0 Å². The maximum Gasteiger partial charge on any atom is 0.156 e. The van der Waals surface area contributed by atoms with Gasteiger partial charge in [0, 0.05) is 12.1 Å². The van der Waals surface area contributed by atoms with Crippen LogP contribution in [0.2, 0.25) is 0 Å². The van der Waals surface area contributed by atoms with Crippen LogP contribution in [0.15, 0.2) is 24.5 Å². The van der Waals surface area contributed by atoms with Crippen LogP contribution in [0.3, 0.4) is 0 Å². The summed E-state index contributed by atoms with van der Waals surface area (Å²) in [5.74, 6) is 1.30. The average Bonchev–Trinajstić information content (AvgIpc) is 2.32. The van der Waals surface area contributed by atoms with E-state index in [1.165, 1.54) is 0 Å². The Morgan fingerprint density at radius 1 is 0.867 bits per heavy atom. The highest BCUT2D eigenvalue weighted by atomic mass is 31.1. The minimum atomic E-state index is 0.227. The van der Waals surface area contributed by atoms with Crippen molar-refractivity contribution in [1.82, 2.24) is 30.8 Å². The van der Waals surface area contributed by atoms with Gasteiger partial charge < -0.3 is 10.2 Å². The first kappa shape index (κ1) is 9.60. The van der Waals surface area contributed by atoms with Crippen LogP contribution in [-0.2, 0) is 0 Å². The van der Waals surface area contributed by atoms with Gasteiger partial charge in [0.25, 0.3) is 0 Å². The van der Waals surface area contributed by atoms with Crippen LogP contribution < -0.4 is 10.2 Å². The van der Waals surface area contributed by atoms with Crippen molar-refractivity contribution < 1.29 is 0 Å². The summed E-state index contributed by atoms with van der Waals surface area (Å²) in [5.41, 5.74) is 0. The molecule has 0 aromatic carbocycles. The zero-order valence-corrected chi connectivity index (χ0v) is 8.49. The lowest BCUT2D eigenvalue weighted by molar-refractivity contribution is 0.871. The maximum atomic E-state index is 3.76. The molecule has 0 spiro atoms. The van der Waals surface area contributed by atoms with E-state index in [-0.39, 0.29) is 8.88 Å². The Morgan fingerprint density at radius 2 is 1.40 bits per heavy atom. The molecule has 0 amide bonds. The van der Waals surface area contributed by atoms with Gasteiger partial charge in [-0.15, -0.1) is 20.4 Å². The largest absolute Gasteiger partial charge is 0.333 e. The van der Waals surface area contributed by atoms with E-state index in [9.17, 15) is 0 Å². The van der Waals surface area contributed by atoms with Crippen molar-refractivity contribution in [3.63, 3.8) is 0 Å². The lowest BCUT2D eigenvalue weighted by Crippen LogP contribution is -1.98. The van der Waals surface area contributed by atoms with Gasteiger partial charge in [0.05, 0.1) is 21.3 Å². The molecule has 9 heteroatoms. The third-order valence-electron chi connectivity index (χ3n) is 1.39. The molecular weight excluding hydrogens is 215 g/mol. The minimum absolute atomic E-state index is 0.227. The summed E-state index contributed by atoms with van der Waals surface area (Å²) < 4.78 is 0. The average molecular weight is 222 g/mol. The second kappa shape index (κ2) is 5.06. The van der Waals surface area contributed by atoms with E-state index in [0.717, 1.165) is 0 Å². The molecule has 2 rings (SSSR count). The van der Waals surface area contributed by atoms with Gasteiger partial charge in [0.1, 0.15) is 0 Å². The van der Waals surface area contributed by atoms with E-state index in [0.29, 0.717) is 11.6 Å². The molecule has 0 saturated heterocycles. The first-order chi connectivity index (χ1) is 7.45. The van der Waals surface area contributed by atoms with E-state index in [1.54, 1.807) is 24.5 Å². The molecule has 0 aliphatic heterocycles. The van der Waals surface area contributed by atoms with Crippen molar-refractivity contribution in [2.45, 2.75) is 0 Å². The number of anilines is 2. The van der Waals surface area contributed by atoms with Gasteiger partial charge in [0.2, 0.25) is 0 Å². The van der Waals surface area contributed by atoms with Crippen molar-refractivity contribution in [3.05, 3.63) is 24.5 Å². The molecule has 0 saturated carbocycles. The molecule has 76 valence electrons. The first-order valence-electron chi connectivity index (χ1n) is 4.01. The molecule has 15 heavy (non-hydrogen) atoms. The lowest BCUT2D eigenvalue weighted by atomic mass is 10.6. The van der Waals surface area contributed by atoms with Crippen LogP contribution in [0.1, 0.15) is 0 Å². The lowest BCUT2D eigenvalue weighted by Gasteiger charge is -2.04. The third kappa shape index (κ3) is 3.03. The Labute approximate surface area is 86.8 Å². The molecule has 2 N–H and O–H groups in total. The highest BCUT2D eigenvalue weighted by Gasteiger charge is 1.93. The number of aromatic nitrogens is 6. The van der Waals surface area contributed by atoms with Gasteiger partial charge in [0.15, 0.2) is 11.6 Å². The molecule has 2 aromatic rings. The summed E-state index contributed by atoms with van der Waals surface area (Å²) in [6.07, 6.45) is 3.12. The fraction of sp³-hybridized carbons (Fsp3) is 0. The molecule has 0 fully saturated rings. The second-order valence-electron chi connectivity index (χ2n) is 2.39. The Morgan fingerprint density at radius 3 is 1.80 bits per heavy atom. The van der Waals surface area contributed by atoms with Crippen molar-refractivity contribution >= 4 is 20.5 Å². The van der Waals surface area contributed by atoms with Gasteiger partial charge in [-0.05, 0) is 10.4 Å². The summed E-state index contributed by atoms with van der Waals surface area (Å²) in [4.78, 5) is 0. The normalized spacial score (nSPS) is 9.60. The van der Waals surface area contributed by atoms with E-state index in [4.69, 9.17) is 0 Å². The summed E-state index contributed by atoms with van der Waals surface area (Å²) in [6, 6.07) is 3.44. The highest BCUT2D eigenvalue weighted by molar-refractivity contribution is 7.41. The maximum absolute atomic E-state index is 3.76. The minimum Gasteiger partial charge on any atom is -0.333 e. The fourth-order valence-corrected chi connectivity index (χ4v) is 1.36. The summed E-state index contributed by atoms with van der Waals surface area (Å²) >= 11 is 0. The molecule has 2 heterocycles. The molecular formula is C6H7N8P. The number of hydrogen-bond donors (Lipinski definition) is 2. The Bertz CT molecular complexity index is 355. The Hall–Kier alpha value is -1.95. The fourth-order valence-electron chi connectivity index (χ4n) is 0.775. The SMILES string of the molecule is c1cc(NPNc2ccnnn2)nnn1. The summed E-state index contributed by atoms with van der Waals surface area (Å²) in [7, 11) is 0.227. The topological polar surface area (TPSA) is 101 Å². The monoisotopic (exact) mass is 222 g/mol. The van der Waals surface area contributed by atoms with Gasteiger partial charge >= 0.3 is 0 Å². The van der Waals surface area contributed by atoms with Gasteiger partial charge in [-0.1, -0.05) is 0 Å². The highest BCUT2D eigenvalue weighted by Crippen LogP contribution is 2.14. The quantitative estimate of drug-likeness (QED) is 0.701. The number of nitrogens with one attached hydrogen (secondary N) is 2. The summed E-state index contributed by atoms with van der Waals surface area (Å²) in [6.45, 7) is 0. The Kier molecular flexibility index (Phi) is 3.24. The number of rotatable bonds is 4. The zero-order valence-electron chi connectivity index (χ0n) is 7.49. The smallest absolute Gasteiger partial charge is 0.156 e. The van der Waals surface area contributed by atoms with E-state index >= 15 is 0 Å². The molecule has 0 unspecified atom stereocenters. The third-order valence-corrected chi connectivity index (χ3v) is 2.15. The van der Waals surface area contributed by atoms with Crippen LogP contribution in [0.25, 0.3) is 0 Å². The predicted octanol–water partition coefficient (Wildman–Crippen LogP) is 0.0891. The molecule has 2 aromatic heterocycles. The number of hydrogen-bond acceptors (Lipinski definition) is 8. The molecule has 0 atom stereocenters. The second-order valence-corrected chi connectivity index (χ2v) is 3.14. The van der Waals surface area contributed by atoms with Crippen molar-refractivity contribution in [3.8, 4) is 0 Å².